The SMILES string of the molecule is Cn1cc(CN2CCO[C@H](c3ccc(-c4ccc(C(N)=O)cc4)cn3)C2)c2cc(F)ccc21. The number of aryl methyl sites for hydroxylation is 1. The molecule has 0 saturated carbocycles. The highest BCUT2D eigenvalue weighted by molar-refractivity contribution is 5.93. The molecule has 1 amide bonds. The maximum absolute atomic E-state index is 13.8. The number of hydrogen-bond acceptors (Lipinski definition) is 4. The molecule has 0 radical (unpaired) electrons. The van der Waals surface area contributed by atoms with Crippen LogP contribution in [0, 0.1) is 5.82 Å². The first kappa shape index (κ1) is 21.3. The number of benzene rings is 2. The maximum Gasteiger partial charge on any atom is 0.248 e. The highest BCUT2D eigenvalue weighted by Gasteiger charge is 2.24. The van der Waals surface area contributed by atoms with E-state index in [1.165, 1.54) is 6.07 Å². The number of nitrogens with two attached hydrogens (primary N) is 1. The molecule has 1 aliphatic heterocycles. The monoisotopic (exact) mass is 444 g/mol. The fraction of sp³-hybridized carbons (Fsp3) is 0.231. The lowest BCUT2D eigenvalue weighted by molar-refractivity contribution is -0.0348. The normalized spacial score (nSPS) is 16.8. The summed E-state index contributed by atoms with van der Waals surface area (Å²) in [5, 5.41) is 0.949. The van der Waals surface area contributed by atoms with E-state index in [4.69, 9.17) is 10.5 Å². The van der Waals surface area contributed by atoms with Crippen molar-refractivity contribution >= 4 is 16.8 Å². The molecule has 0 unspecified atom stereocenters. The number of carbonyl (C=O) groups is 1. The Balaban J connectivity index is 1.30. The van der Waals surface area contributed by atoms with E-state index in [9.17, 15) is 9.18 Å². The molecule has 0 aliphatic carbocycles. The molecule has 168 valence electrons. The molecule has 1 aliphatic rings. The van der Waals surface area contributed by atoms with Crippen LogP contribution in [0.2, 0.25) is 0 Å². The van der Waals surface area contributed by atoms with Gasteiger partial charge in [-0.3, -0.25) is 14.7 Å². The number of fused-ring (bicyclic) bond motifs is 1. The predicted octanol–water partition coefficient (Wildman–Crippen LogP) is 4.05. The largest absolute Gasteiger partial charge is 0.369 e. The number of morpholine rings is 1. The lowest BCUT2D eigenvalue weighted by atomic mass is 10.0. The van der Waals surface area contributed by atoms with Crippen LogP contribution in [0.1, 0.15) is 27.7 Å². The summed E-state index contributed by atoms with van der Waals surface area (Å²) in [5.41, 5.74) is 10.7. The minimum Gasteiger partial charge on any atom is -0.369 e. The van der Waals surface area contributed by atoms with Crippen LogP contribution in [0.15, 0.2) is 67.0 Å². The molecule has 2 aromatic carbocycles. The number of ether oxygens (including phenoxy) is 1. The summed E-state index contributed by atoms with van der Waals surface area (Å²) in [6.45, 7) is 2.87. The van der Waals surface area contributed by atoms with E-state index in [0.29, 0.717) is 18.7 Å². The van der Waals surface area contributed by atoms with Crippen LogP contribution in [0.5, 0.6) is 0 Å². The van der Waals surface area contributed by atoms with Crippen molar-refractivity contribution in [1.29, 1.82) is 0 Å². The zero-order chi connectivity index (χ0) is 22.9. The van der Waals surface area contributed by atoms with Gasteiger partial charge in [-0.15, -0.1) is 0 Å². The lowest BCUT2D eigenvalue weighted by Gasteiger charge is -2.32. The summed E-state index contributed by atoms with van der Waals surface area (Å²) in [6, 6.07) is 16.1. The molecule has 4 aromatic rings. The Labute approximate surface area is 191 Å². The van der Waals surface area contributed by atoms with Crippen molar-refractivity contribution in [3.05, 3.63) is 89.6 Å². The van der Waals surface area contributed by atoms with Gasteiger partial charge in [-0.05, 0) is 47.5 Å². The van der Waals surface area contributed by atoms with Gasteiger partial charge in [-0.25, -0.2) is 4.39 Å². The van der Waals surface area contributed by atoms with E-state index >= 15 is 0 Å². The second-order valence-electron chi connectivity index (χ2n) is 8.43. The van der Waals surface area contributed by atoms with Crippen molar-refractivity contribution in [1.82, 2.24) is 14.5 Å². The Kier molecular flexibility index (Phi) is 5.66. The van der Waals surface area contributed by atoms with Gasteiger partial charge in [-0.2, -0.15) is 0 Å². The van der Waals surface area contributed by atoms with E-state index in [1.54, 1.807) is 18.2 Å². The van der Waals surface area contributed by atoms with Crippen molar-refractivity contribution in [2.75, 3.05) is 19.7 Å². The van der Waals surface area contributed by atoms with E-state index < -0.39 is 5.91 Å². The summed E-state index contributed by atoms with van der Waals surface area (Å²) < 4.78 is 21.9. The van der Waals surface area contributed by atoms with Crippen LogP contribution in [-0.2, 0) is 18.3 Å². The van der Waals surface area contributed by atoms with Crippen LogP contribution in [0.4, 0.5) is 4.39 Å². The molecular formula is C26H25FN4O2. The molecule has 0 bridgehead atoms. The standard InChI is InChI=1S/C26H25FN4O2/c1-30-14-20(22-12-21(27)7-9-24(22)30)15-31-10-11-33-25(16-31)23-8-6-19(13-29-23)17-2-4-18(5-3-17)26(28)32/h2-9,12-14,25H,10-11,15-16H2,1H3,(H2,28,32)/t25-/m0/s1. The number of primary amides is 1. The first-order valence-corrected chi connectivity index (χ1v) is 10.9. The molecule has 5 rings (SSSR count). The van der Waals surface area contributed by atoms with Crippen LogP contribution < -0.4 is 5.73 Å². The Morgan fingerprint density at radius 3 is 2.67 bits per heavy atom. The van der Waals surface area contributed by atoms with Gasteiger partial charge in [0.25, 0.3) is 0 Å². The van der Waals surface area contributed by atoms with Crippen molar-refractivity contribution in [3.63, 3.8) is 0 Å². The fourth-order valence-corrected chi connectivity index (χ4v) is 4.43. The summed E-state index contributed by atoms with van der Waals surface area (Å²) in [7, 11) is 1.98. The average molecular weight is 445 g/mol. The summed E-state index contributed by atoms with van der Waals surface area (Å²) in [4.78, 5) is 18.2. The predicted molar refractivity (Wildman–Crippen MR) is 125 cm³/mol. The van der Waals surface area contributed by atoms with Gasteiger partial charge in [0.05, 0.1) is 12.3 Å². The second-order valence-corrected chi connectivity index (χ2v) is 8.43. The van der Waals surface area contributed by atoms with Crippen LogP contribution >= 0.6 is 0 Å². The van der Waals surface area contributed by atoms with E-state index in [1.807, 2.05) is 48.1 Å². The Morgan fingerprint density at radius 1 is 1.15 bits per heavy atom. The number of amides is 1. The van der Waals surface area contributed by atoms with Gasteiger partial charge in [0.2, 0.25) is 5.91 Å². The minimum absolute atomic E-state index is 0.128. The number of nitrogens with zero attached hydrogens (tertiary/aromatic N) is 3. The van der Waals surface area contributed by atoms with Gasteiger partial charge >= 0.3 is 0 Å². The van der Waals surface area contributed by atoms with Crippen molar-refractivity contribution < 1.29 is 13.9 Å². The number of aromatic nitrogens is 2. The third kappa shape index (κ3) is 4.37. The molecule has 7 heteroatoms. The Hall–Kier alpha value is -3.55. The van der Waals surface area contributed by atoms with Crippen LogP contribution in [-0.4, -0.2) is 40.1 Å². The third-order valence-electron chi connectivity index (χ3n) is 6.20. The number of carbonyl (C=O) groups excluding carboxylic acids is 1. The molecular weight excluding hydrogens is 419 g/mol. The summed E-state index contributed by atoms with van der Waals surface area (Å²) in [5.74, 6) is -0.661. The second kappa shape index (κ2) is 8.77. The zero-order valence-electron chi connectivity index (χ0n) is 18.4. The van der Waals surface area contributed by atoms with Gasteiger partial charge in [0.15, 0.2) is 0 Å². The molecule has 2 aromatic heterocycles. The van der Waals surface area contributed by atoms with Crippen LogP contribution in [0.3, 0.4) is 0 Å². The lowest BCUT2D eigenvalue weighted by Crippen LogP contribution is -2.38. The van der Waals surface area contributed by atoms with Crippen molar-refractivity contribution in [2.24, 2.45) is 12.8 Å². The molecule has 0 spiro atoms. The van der Waals surface area contributed by atoms with Crippen LogP contribution in [0.25, 0.3) is 22.0 Å². The molecule has 3 heterocycles. The minimum atomic E-state index is -0.442. The van der Waals surface area contributed by atoms with E-state index in [2.05, 4.69) is 16.1 Å². The highest BCUT2D eigenvalue weighted by Crippen LogP contribution is 2.27. The number of pyridine rings is 1. The summed E-state index contributed by atoms with van der Waals surface area (Å²) >= 11 is 0. The Bertz CT molecular complexity index is 1300. The molecule has 33 heavy (non-hydrogen) atoms. The van der Waals surface area contributed by atoms with Crippen molar-refractivity contribution in [2.45, 2.75) is 12.6 Å². The molecule has 1 saturated heterocycles. The quantitative estimate of drug-likeness (QED) is 0.504. The number of halogens is 1. The average Bonchev–Trinajstić information content (AvgIpc) is 3.13. The van der Waals surface area contributed by atoms with Gasteiger partial charge < -0.3 is 15.0 Å². The fourth-order valence-electron chi connectivity index (χ4n) is 4.43. The van der Waals surface area contributed by atoms with Crippen molar-refractivity contribution in [3.8, 4) is 11.1 Å². The topological polar surface area (TPSA) is 73.4 Å². The van der Waals surface area contributed by atoms with E-state index in [-0.39, 0.29) is 11.9 Å². The zero-order valence-corrected chi connectivity index (χ0v) is 18.4. The van der Waals surface area contributed by atoms with E-state index in [0.717, 1.165) is 46.4 Å². The highest BCUT2D eigenvalue weighted by atomic mass is 19.1. The summed E-state index contributed by atoms with van der Waals surface area (Å²) in [6.07, 6.45) is 3.77. The third-order valence-corrected chi connectivity index (χ3v) is 6.20. The molecule has 6 nitrogen and oxygen atoms in total. The van der Waals surface area contributed by atoms with Gasteiger partial charge in [0.1, 0.15) is 11.9 Å². The smallest absolute Gasteiger partial charge is 0.248 e. The molecule has 2 N–H and O–H groups in total. The molecule has 1 atom stereocenters. The first-order valence-electron chi connectivity index (χ1n) is 10.9. The van der Waals surface area contributed by atoms with Gasteiger partial charge in [-0.1, -0.05) is 18.2 Å². The molecule has 1 fully saturated rings. The number of rotatable bonds is 5. The Morgan fingerprint density at radius 2 is 1.94 bits per heavy atom. The van der Waals surface area contributed by atoms with Gasteiger partial charge in [0, 0.05) is 61.1 Å². The number of hydrogen-bond donors (Lipinski definition) is 1. The first-order chi connectivity index (χ1) is 16.0. The maximum atomic E-state index is 13.8.